The Labute approximate surface area is 226 Å². The molecule has 0 N–H and O–H groups in total. The molecule has 0 fully saturated rings. The first-order valence-corrected chi connectivity index (χ1v) is 13.8. The van der Waals surface area contributed by atoms with Crippen LogP contribution in [0.4, 0.5) is 10.5 Å². The minimum atomic E-state index is -0.571. The monoisotopic (exact) mass is 520 g/mol. The number of rotatable bonds is 11. The number of aryl methyl sites for hydroxylation is 2. The van der Waals surface area contributed by atoms with Gasteiger partial charge in [0.05, 0.1) is 19.2 Å². The van der Waals surface area contributed by atoms with E-state index >= 15 is 0 Å². The molecule has 0 atom stereocenters. The molecular formula is C31H40N2O5. The van der Waals surface area contributed by atoms with Gasteiger partial charge in [0, 0.05) is 31.6 Å². The van der Waals surface area contributed by atoms with Crippen molar-refractivity contribution in [3.05, 3.63) is 58.7 Å². The van der Waals surface area contributed by atoms with Gasteiger partial charge in [-0.3, -0.25) is 9.59 Å². The first-order valence-electron chi connectivity index (χ1n) is 13.8. The first kappa shape index (κ1) is 27.7. The molecule has 7 nitrogen and oxygen atoms in total. The molecule has 2 aliphatic heterocycles. The number of methoxy groups -OCH3 is 1. The van der Waals surface area contributed by atoms with Crippen LogP contribution >= 0.6 is 0 Å². The number of hydrogen-bond acceptors (Lipinski definition) is 5. The van der Waals surface area contributed by atoms with Crippen molar-refractivity contribution in [1.82, 2.24) is 4.90 Å². The molecule has 7 heteroatoms. The highest BCUT2D eigenvalue weighted by Crippen LogP contribution is 2.37. The van der Waals surface area contributed by atoms with E-state index in [4.69, 9.17) is 9.47 Å². The van der Waals surface area contributed by atoms with Crippen molar-refractivity contribution in [1.29, 1.82) is 0 Å². The van der Waals surface area contributed by atoms with Crippen molar-refractivity contribution >= 4 is 23.5 Å². The highest BCUT2D eigenvalue weighted by molar-refractivity contribution is 6.05. The SMILES string of the molecule is COc1ccccc1CCCN(CCCCC(=O)c1cc2c3c(c1)CC(=O)N3CCC2)C(=O)OC(C)(C)C. The number of nitrogens with zero attached hydrogens (tertiary/aromatic N) is 2. The predicted molar refractivity (Wildman–Crippen MR) is 148 cm³/mol. The van der Waals surface area contributed by atoms with Gasteiger partial charge in [-0.25, -0.2) is 4.79 Å². The molecular weight excluding hydrogens is 480 g/mol. The van der Waals surface area contributed by atoms with Gasteiger partial charge in [-0.15, -0.1) is 0 Å². The van der Waals surface area contributed by atoms with Crippen LogP contribution in [0.5, 0.6) is 5.75 Å². The zero-order valence-corrected chi connectivity index (χ0v) is 23.2. The van der Waals surface area contributed by atoms with Crippen molar-refractivity contribution in [2.24, 2.45) is 0 Å². The van der Waals surface area contributed by atoms with Crippen LogP contribution in [-0.2, 0) is 28.8 Å². The van der Waals surface area contributed by atoms with Crippen LogP contribution in [0.1, 0.15) is 79.9 Å². The van der Waals surface area contributed by atoms with Crippen LogP contribution < -0.4 is 9.64 Å². The number of Topliss-reactive ketones (excluding diaryl/α,β-unsaturated/α-hetero) is 1. The minimum absolute atomic E-state index is 0.0977. The summed E-state index contributed by atoms with van der Waals surface area (Å²) in [4.78, 5) is 41.9. The molecule has 204 valence electrons. The second-order valence-corrected chi connectivity index (χ2v) is 11.2. The number of carbonyl (C=O) groups excluding carboxylic acids is 3. The number of unbranched alkanes of at least 4 members (excludes halogenated alkanes) is 1. The molecule has 0 unspecified atom stereocenters. The molecule has 0 bridgehead atoms. The number of ether oxygens (including phenoxy) is 2. The van der Waals surface area contributed by atoms with Crippen LogP contribution in [0.3, 0.4) is 0 Å². The van der Waals surface area contributed by atoms with Crippen molar-refractivity contribution in [3.63, 3.8) is 0 Å². The van der Waals surface area contributed by atoms with Gasteiger partial charge in [0.25, 0.3) is 0 Å². The van der Waals surface area contributed by atoms with E-state index in [-0.39, 0.29) is 17.8 Å². The molecule has 0 aromatic heterocycles. The van der Waals surface area contributed by atoms with Crippen LogP contribution in [-0.4, -0.2) is 55.0 Å². The van der Waals surface area contributed by atoms with Gasteiger partial charge in [-0.05, 0) is 94.2 Å². The number of amides is 2. The Morgan fingerprint density at radius 1 is 1.03 bits per heavy atom. The Kier molecular flexibility index (Phi) is 8.75. The lowest BCUT2D eigenvalue weighted by molar-refractivity contribution is -0.117. The summed E-state index contributed by atoms with van der Waals surface area (Å²) in [7, 11) is 1.67. The minimum Gasteiger partial charge on any atom is -0.496 e. The first-order chi connectivity index (χ1) is 18.2. The third kappa shape index (κ3) is 6.74. The topological polar surface area (TPSA) is 76.2 Å². The van der Waals surface area contributed by atoms with E-state index in [0.717, 1.165) is 60.4 Å². The Morgan fingerprint density at radius 3 is 2.53 bits per heavy atom. The summed E-state index contributed by atoms with van der Waals surface area (Å²) >= 11 is 0. The largest absolute Gasteiger partial charge is 0.496 e. The van der Waals surface area contributed by atoms with Crippen LogP contribution in [0, 0.1) is 0 Å². The van der Waals surface area contributed by atoms with Crippen molar-refractivity contribution in [2.75, 3.05) is 31.6 Å². The van der Waals surface area contributed by atoms with Gasteiger partial charge in [0.1, 0.15) is 11.4 Å². The average Bonchev–Trinajstić information content (AvgIpc) is 3.20. The van der Waals surface area contributed by atoms with Gasteiger partial charge in [0.15, 0.2) is 5.78 Å². The molecule has 2 heterocycles. The zero-order valence-electron chi connectivity index (χ0n) is 23.2. The molecule has 0 spiro atoms. The van der Waals surface area contributed by atoms with Crippen LogP contribution in [0.2, 0.25) is 0 Å². The van der Waals surface area contributed by atoms with E-state index in [9.17, 15) is 14.4 Å². The Morgan fingerprint density at radius 2 is 1.76 bits per heavy atom. The van der Waals surface area contributed by atoms with E-state index in [1.807, 2.05) is 62.1 Å². The fourth-order valence-electron chi connectivity index (χ4n) is 5.36. The number of ketones is 1. The van der Waals surface area contributed by atoms with Crippen molar-refractivity contribution in [3.8, 4) is 5.75 Å². The number of carbonyl (C=O) groups is 3. The molecule has 2 amide bonds. The summed E-state index contributed by atoms with van der Waals surface area (Å²) in [6.07, 6.45) is 5.30. The van der Waals surface area contributed by atoms with Gasteiger partial charge in [-0.2, -0.15) is 0 Å². The predicted octanol–water partition coefficient (Wildman–Crippen LogP) is 5.75. The molecule has 2 aliphatic rings. The highest BCUT2D eigenvalue weighted by Gasteiger charge is 2.32. The summed E-state index contributed by atoms with van der Waals surface area (Å²) in [6.45, 7) is 7.49. The third-order valence-electron chi connectivity index (χ3n) is 7.13. The normalized spacial score (nSPS) is 14.3. The number of hydrogen-bond donors (Lipinski definition) is 0. The molecule has 4 rings (SSSR count). The van der Waals surface area contributed by atoms with Gasteiger partial charge in [0.2, 0.25) is 5.91 Å². The zero-order chi connectivity index (χ0) is 27.3. The van der Waals surface area contributed by atoms with Crippen molar-refractivity contribution in [2.45, 2.75) is 77.7 Å². The Bertz CT molecular complexity index is 1180. The summed E-state index contributed by atoms with van der Waals surface area (Å²) in [5.74, 6) is 1.09. The number of benzene rings is 2. The maximum Gasteiger partial charge on any atom is 0.410 e. The van der Waals surface area contributed by atoms with E-state index in [1.165, 1.54) is 0 Å². The standard InChI is InChI=1S/C31H40N2O5/c1-31(2,3)38-30(36)32(17-9-12-22-11-5-6-15-27(22)37-4)16-8-7-14-26(34)24-19-23-13-10-18-33-28(35)21-25(20-24)29(23)33/h5-6,11,15,19-20H,7-10,12-14,16-18,21H2,1-4H3. The van der Waals surface area contributed by atoms with Gasteiger partial charge >= 0.3 is 6.09 Å². The van der Waals surface area contributed by atoms with Gasteiger partial charge < -0.3 is 19.3 Å². The maximum absolute atomic E-state index is 13.0. The molecule has 0 aliphatic carbocycles. The summed E-state index contributed by atoms with van der Waals surface area (Å²) in [5, 5.41) is 0. The van der Waals surface area contributed by atoms with E-state index in [2.05, 4.69) is 0 Å². The molecule has 0 saturated carbocycles. The molecule has 38 heavy (non-hydrogen) atoms. The van der Waals surface area contributed by atoms with Crippen molar-refractivity contribution < 1.29 is 23.9 Å². The molecule has 2 aromatic rings. The number of anilines is 1. The van der Waals surface area contributed by atoms with E-state index < -0.39 is 5.60 Å². The van der Waals surface area contributed by atoms with Gasteiger partial charge in [-0.1, -0.05) is 18.2 Å². The van der Waals surface area contributed by atoms with Crippen LogP contribution in [0.15, 0.2) is 36.4 Å². The Hall–Kier alpha value is -3.35. The molecule has 2 aromatic carbocycles. The molecule has 0 saturated heterocycles. The second-order valence-electron chi connectivity index (χ2n) is 11.2. The second kappa shape index (κ2) is 12.0. The van der Waals surface area contributed by atoms with Crippen LogP contribution in [0.25, 0.3) is 0 Å². The third-order valence-corrected chi connectivity index (χ3v) is 7.13. The lowest BCUT2D eigenvalue weighted by atomic mass is 9.94. The average molecular weight is 521 g/mol. The fourth-order valence-corrected chi connectivity index (χ4v) is 5.36. The quantitative estimate of drug-likeness (QED) is 0.278. The highest BCUT2D eigenvalue weighted by atomic mass is 16.6. The Balaban J connectivity index is 1.31. The molecule has 0 radical (unpaired) electrons. The maximum atomic E-state index is 13.0. The summed E-state index contributed by atoms with van der Waals surface area (Å²) in [5.41, 5.74) is 4.40. The lowest BCUT2D eigenvalue weighted by Gasteiger charge is -2.27. The number of para-hydroxylation sites is 1. The fraction of sp³-hybridized carbons (Fsp3) is 0.516. The summed E-state index contributed by atoms with van der Waals surface area (Å²) in [6, 6.07) is 11.8. The smallest absolute Gasteiger partial charge is 0.410 e. The lowest BCUT2D eigenvalue weighted by Crippen LogP contribution is -2.38. The van der Waals surface area contributed by atoms with E-state index in [1.54, 1.807) is 12.0 Å². The summed E-state index contributed by atoms with van der Waals surface area (Å²) < 4.78 is 11.1. The van der Waals surface area contributed by atoms with E-state index in [0.29, 0.717) is 44.3 Å².